The van der Waals surface area contributed by atoms with Crippen LogP contribution < -0.4 is 10.6 Å². The van der Waals surface area contributed by atoms with Crippen LogP contribution >= 0.6 is 11.6 Å². The standard InChI is InChI=1S/C10H12ClN3O3/c1-12-5-6-13-10(15)7-3-2-4-8(11)9(7)14(16)17/h2-4,12H,5-6H2,1H3,(H,13,15). The average molecular weight is 258 g/mol. The van der Waals surface area contributed by atoms with Gasteiger partial charge in [-0.05, 0) is 19.2 Å². The summed E-state index contributed by atoms with van der Waals surface area (Å²) in [6.45, 7) is 0.971. The number of nitro groups is 1. The molecule has 0 radical (unpaired) electrons. The van der Waals surface area contributed by atoms with E-state index in [1.165, 1.54) is 18.2 Å². The second-order valence-electron chi connectivity index (χ2n) is 3.25. The third-order valence-electron chi connectivity index (χ3n) is 2.07. The van der Waals surface area contributed by atoms with Gasteiger partial charge in [-0.2, -0.15) is 0 Å². The third kappa shape index (κ3) is 3.40. The number of halogens is 1. The molecule has 0 atom stereocenters. The number of rotatable bonds is 5. The monoisotopic (exact) mass is 257 g/mol. The first kappa shape index (κ1) is 13.4. The Labute approximate surface area is 103 Å². The number of amides is 1. The second kappa shape index (κ2) is 6.17. The summed E-state index contributed by atoms with van der Waals surface area (Å²) < 4.78 is 0. The van der Waals surface area contributed by atoms with Gasteiger partial charge in [0.25, 0.3) is 5.91 Å². The van der Waals surface area contributed by atoms with Crippen LogP contribution in [0, 0.1) is 10.1 Å². The molecule has 7 heteroatoms. The van der Waals surface area contributed by atoms with E-state index in [0.717, 1.165) is 0 Å². The summed E-state index contributed by atoms with van der Waals surface area (Å²) in [5.74, 6) is -0.505. The molecule has 1 rings (SSSR count). The van der Waals surface area contributed by atoms with Gasteiger partial charge in [-0.25, -0.2) is 0 Å². The molecule has 1 aromatic rings. The Bertz CT molecular complexity index is 437. The van der Waals surface area contributed by atoms with Crippen molar-refractivity contribution >= 4 is 23.2 Å². The van der Waals surface area contributed by atoms with Crippen molar-refractivity contribution < 1.29 is 9.72 Å². The molecule has 0 heterocycles. The molecule has 0 aromatic heterocycles. The van der Waals surface area contributed by atoms with Crippen LogP contribution in [0.15, 0.2) is 18.2 Å². The smallest absolute Gasteiger partial charge is 0.300 e. The van der Waals surface area contributed by atoms with Crippen LogP contribution in [0.1, 0.15) is 10.4 Å². The Morgan fingerprint density at radius 3 is 2.76 bits per heavy atom. The van der Waals surface area contributed by atoms with E-state index in [0.29, 0.717) is 13.1 Å². The fourth-order valence-electron chi connectivity index (χ4n) is 1.28. The molecular formula is C10H12ClN3O3. The topological polar surface area (TPSA) is 84.3 Å². The van der Waals surface area contributed by atoms with Gasteiger partial charge in [-0.15, -0.1) is 0 Å². The van der Waals surface area contributed by atoms with Gasteiger partial charge in [-0.1, -0.05) is 17.7 Å². The zero-order valence-corrected chi connectivity index (χ0v) is 9.95. The quantitative estimate of drug-likeness (QED) is 0.472. The number of hydrogen-bond acceptors (Lipinski definition) is 4. The minimum atomic E-state index is -0.657. The van der Waals surface area contributed by atoms with E-state index in [9.17, 15) is 14.9 Å². The summed E-state index contributed by atoms with van der Waals surface area (Å²) in [4.78, 5) is 21.8. The van der Waals surface area contributed by atoms with E-state index in [2.05, 4.69) is 10.6 Å². The zero-order valence-electron chi connectivity index (χ0n) is 9.20. The highest BCUT2D eigenvalue weighted by atomic mass is 35.5. The van der Waals surface area contributed by atoms with Crippen molar-refractivity contribution in [3.8, 4) is 0 Å². The first-order valence-electron chi connectivity index (χ1n) is 4.93. The second-order valence-corrected chi connectivity index (χ2v) is 3.66. The fraction of sp³-hybridized carbons (Fsp3) is 0.300. The Kier molecular flexibility index (Phi) is 4.86. The maximum Gasteiger partial charge on any atom is 0.300 e. The van der Waals surface area contributed by atoms with Gasteiger partial charge in [0, 0.05) is 13.1 Å². The molecule has 0 aliphatic heterocycles. The van der Waals surface area contributed by atoms with Crippen molar-refractivity contribution in [2.45, 2.75) is 0 Å². The lowest BCUT2D eigenvalue weighted by Gasteiger charge is -2.06. The summed E-state index contributed by atoms with van der Waals surface area (Å²) in [6, 6.07) is 4.26. The molecule has 0 unspecified atom stereocenters. The van der Waals surface area contributed by atoms with Crippen LogP contribution in [0.2, 0.25) is 5.02 Å². The van der Waals surface area contributed by atoms with Crippen LogP contribution in [-0.2, 0) is 0 Å². The van der Waals surface area contributed by atoms with Gasteiger partial charge in [0.15, 0.2) is 0 Å². The van der Waals surface area contributed by atoms with E-state index in [4.69, 9.17) is 11.6 Å². The molecule has 0 aliphatic rings. The largest absolute Gasteiger partial charge is 0.351 e. The Balaban J connectivity index is 2.93. The first-order valence-corrected chi connectivity index (χ1v) is 5.31. The van der Waals surface area contributed by atoms with Crippen molar-refractivity contribution in [3.05, 3.63) is 38.9 Å². The van der Waals surface area contributed by atoms with Crippen LogP contribution in [0.5, 0.6) is 0 Å². The molecule has 0 fully saturated rings. The highest BCUT2D eigenvalue weighted by Gasteiger charge is 2.22. The van der Waals surface area contributed by atoms with Gasteiger partial charge < -0.3 is 10.6 Å². The number of nitrogens with zero attached hydrogens (tertiary/aromatic N) is 1. The summed E-state index contributed by atoms with van der Waals surface area (Å²) in [6.07, 6.45) is 0. The maximum atomic E-state index is 11.7. The van der Waals surface area contributed by atoms with Crippen LogP contribution in [0.25, 0.3) is 0 Å². The maximum absolute atomic E-state index is 11.7. The molecule has 0 spiro atoms. The minimum Gasteiger partial charge on any atom is -0.351 e. The predicted octanol–water partition coefficient (Wildman–Crippen LogP) is 1.20. The normalized spacial score (nSPS) is 10.0. The fourth-order valence-corrected chi connectivity index (χ4v) is 1.52. The lowest BCUT2D eigenvalue weighted by atomic mass is 10.1. The van der Waals surface area contributed by atoms with E-state index in [-0.39, 0.29) is 16.3 Å². The van der Waals surface area contributed by atoms with Gasteiger partial charge in [0.05, 0.1) is 4.92 Å². The van der Waals surface area contributed by atoms with Crippen molar-refractivity contribution in [1.82, 2.24) is 10.6 Å². The summed E-state index contributed by atoms with van der Waals surface area (Å²) in [5, 5.41) is 16.2. The third-order valence-corrected chi connectivity index (χ3v) is 2.38. The molecule has 2 N–H and O–H groups in total. The average Bonchev–Trinajstić information content (AvgIpc) is 2.28. The molecule has 1 aromatic carbocycles. The predicted molar refractivity (Wildman–Crippen MR) is 64.4 cm³/mol. The van der Waals surface area contributed by atoms with Crippen molar-refractivity contribution in [2.24, 2.45) is 0 Å². The molecule has 17 heavy (non-hydrogen) atoms. The molecule has 6 nitrogen and oxygen atoms in total. The van der Waals surface area contributed by atoms with Gasteiger partial charge in [0.2, 0.25) is 0 Å². The number of para-hydroxylation sites is 1. The molecule has 1 amide bonds. The number of benzene rings is 1. The number of carbonyl (C=O) groups excluding carboxylic acids is 1. The highest BCUT2D eigenvalue weighted by Crippen LogP contribution is 2.27. The Hall–Kier alpha value is -1.66. The minimum absolute atomic E-state index is 0.0291. The Morgan fingerprint density at radius 2 is 2.18 bits per heavy atom. The number of carbonyl (C=O) groups is 1. The molecule has 0 bridgehead atoms. The number of hydrogen-bond donors (Lipinski definition) is 2. The zero-order chi connectivity index (χ0) is 12.8. The van der Waals surface area contributed by atoms with E-state index in [1.54, 1.807) is 7.05 Å². The van der Waals surface area contributed by atoms with Gasteiger partial charge in [-0.3, -0.25) is 14.9 Å². The molecule has 0 aliphatic carbocycles. The summed E-state index contributed by atoms with van der Waals surface area (Å²) in [5.41, 5.74) is -0.394. The lowest BCUT2D eigenvalue weighted by molar-refractivity contribution is -0.385. The summed E-state index contributed by atoms with van der Waals surface area (Å²) in [7, 11) is 1.74. The van der Waals surface area contributed by atoms with Gasteiger partial charge in [0.1, 0.15) is 10.6 Å². The SMILES string of the molecule is CNCCNC(=O)c1cccc(Cl)c1[N+](=O)[O-]. The highest BCUT2D eigenvalue weighted by molar-refractivity contribution is 6.33. The molecule has 0 saturated heterocycles. The van der Waals surface area contributed by atoms with Crippen molar-refractivity contribution in [2.75, 3.05) is 20.1 Å². The van der Waals surface area contributed by atoms with Crippen molar-refractivity contribution in [1.29, 1.82) is 0 Å². The van der Waals surface area contributed by atoms with Crippen LogP contribution in [0.3, 0.4) is 0 Å². The van der Waals surface area contributed by atoms with Crippen LogP contribution in [-0.4, -0.2) is 31.0 Å². The van der Waals surface area contributed by atoms with E-state index >= 15 is 0 Å². The van der Waals surface area contributed by atoms with Crippen molar-refractivity contribution in [3.63, 3.8) is 0 Å². The number of likely N-dealkylation sites (N-methyl/N-ethyl adjacent to an activating group) is 1. The molecule has 92 valence electrons. The molecule has 0 saturated carbocycles. The van der Waals surface area contributed by atoms with E-state index < -0.39 is 10.8 Å². The molecular weight excluding hydrogens is 246 g/mol. The lowest BCUT2D eigenvalue weighted by Crippen LogP contribution is -2.30. The van der Waals surface area contributed by atoms with Crippen LogP contribution in [0.4, 0.5) is 5.69 Å². The summed E-state index contributed by atoms with van der Waals surface area (Å²) >= 11 is 5.70. The van der Waals surface area contributed by atoms with Gasteiger partial charge >= 0.3 is 5.69 Å². The first-order chi connectivity index (χ1) is 8.07. The number of nitro benzene ring substituents is 1. The Morgan fingerprint density at radius 1 is 1.47 bits per heavy atom. The van der Waals surface area contributed by atoms with E-state index in [1.807, 2.05) is 0 Å². The number of nitrogens with one attached hydrogen (secondary N) is 2.